The Morgan fingerprint density at radius 1 is 1.50 bits per heavy atom. The topological polar surface area (TPSA) is 56.0 Å². The molecule has 2 rings (SSSR count). The van der Waals surface area contributed by atoms with Crippen LogP contribution in [0.4, 0.5) is 5.82 Å². The second kappa shape index (κ2) is 5.34. The number of hydrogen-bond donors (Lipinski definition) is 1. The first-order valence-electron chi connectivity index (χ1n) is 5.62. The van der Waals surface area contributed by atoms with Crippen LogP contribution in [-0.4, -0.2) is 21.8 Å². The number of aromatic nitrogens is 1. The highest BCUT2D eigenvalue weighted by Gasteiger charge is 2.18. The fourth-order valence-electron chi connectivity index (χ4n) is 1.98. The van der Waals surface area contributed by atoms with Gasteiger partial charge in [0.25, 0.3) is 0 Å². The van der Waals surface area contributed by atoms with E-state index >= 15 is 0 Å². The lowest BCUT2D eigenvalue weighted by atomic mass is 10.2. The van der Waals surface area contributed by atoms with E-state index in [1.807, 2.05) is 0 Å². The first kappa shape index (κ1) is 11.5. The van der Waals surface area contributed by atoms with Gasteiger partial charge in [0.15, 0.2) is 5.78 Å². The van der Waals surface area contributed by atoms with E-state index in [2.05, 4.69) is 4.98 Å². The third-order valence-corrected chi connectivity index (χ3v) is 4.26. The van der Waals surface area contributed by atoms with Crippen LogP contribution in [0.25, 0.3) is 0 Å². The van der Waals surface area contributed by atoms with Gasteiger partial charge in [0.05, 0.1) is 11.3 Å². The van der Waals surface area contributed by atoms with Crippen molar-refractivity contribution in [1.29, 1.82) is 0 Å². The summed E-state index contributed by atoms with van der Waals surface area (Å²) in [6, 6.07) is 3.50. The molecule has 1 saturated carbocycles. The van der Waals surface area contributed by atoms with Gasteiger partial charge in [0.2, 0.25) is 0 Å². The molecule has 0 bridgehead atoms. The Bertz CT molecular complexity index is 375. The van der Waals surface area contributed by atoms with E-state index in [1.165, 1.54) is 25.7 Å². The molecule has 1 fully saturated rings. The van der Waals surface area contributed by atoms with Crippen LogP contribution >= 0.6 is 11.8 Å². The molecule has 0 unspecified atom stereocenters. The SMILES string of the molecule is Nc1ncccc1C(=O)CSC1CCCC1. The molecule has 1 heterocycles. The molecule has 1 aliphatic carbocycles. The smallest absolute Gasteiger partial charge is 0.176 e. The fourth-order valence-corrected chi connectivity index (χ4v) is 3.19. The summed E-state index contributed by atoms with van der Waals surface area (Å²) >= 11 is 1.76. The zero-order chi connectivity index (χ0) is 11.4. The van der Waals surface area contributed by atoms with Gasteiger partial charge in [-0.05, 0) is 25.0 Å². The molecule has 16 heavy (non-hydrogen) atoms. The summed E-state index contributed by atoms with van der Waals surface area (Å²) in [5.74, 6) is 0.975. The van der Waals surface area contributed by atoms with Crippen molar-refractivity contribution in [3.05, 3.63) is 23.9 Å². The van der Waals surface area contributed by atoms with Crippen LogP contribution in [0.3, 0.4) is 0 Å². The number of rotatable bonds is 4. The van der Waals surface area contributed by atoms with Gasteiger partial charge >= 0.3 is 0 Å². The van der Waals surface area contributed by atoms with Gasteiger partial charge in [0, 0.05) is 11.4 Å². The normalized spacial score (nSPS) is 16.5. The van der Waals surface area contributed by atoms with E-state index in [1.54, 1.807) is 30.1 Å². The van der Waals surface area contributed by atoms with Crippen LogP contribution < -0.4 is 5.73 Å². The molecule has 1 aliphatic rings. The molecule has 0 saturated heterocycles. The summed E-state index contributed by atoms with van der Waals surface area (Å²) in [5.41, 5.74) is 6.23. The maximum Gasteiger partial charge on any atom is 0.176 e. The van der Waals surface area contributed by atoms with Crippen molar-refractivity contribution in [2.75, 3.05) is 11.5 Å². The van der Waals surface area contributed by atoms with Crippen molar-refractivity contribution in [3.8, 4) is 0 Å². The zero-order valence-electron chi connectivity index (χ0n) is 9.19. The number of nitrogens with zero attached hydrogens (tertiary/aromatic N) is 1. The Balaban J connectivity index is 1.90. The summed E-state index contributed by atoms with van der Waals surface area (Å²) in [6.07, 6.45) is 6.72. The molecule has 1 aromatic heterocycles. The minimum absolute atomic E-state index is 0.0995. The molecule has 4 heteroatoms. The molecular formula is C12H16N2OS. The van der Waals surface area contributed by atoms with Gasteiger partial charge in [-0.25, -0.2) is 4.98 Å². The second-order valence-electron chi connectivity index (χ2n) is 4.08. The quantitative estimate of drug-likeness (QED) is 0.816. The van der Waals surface area contributed by atoms with Crippen molar-refractivity contribution in [2.45, 2.75) is 30.9 Å². The van der Waals surface area contributed by atoms with Gasteiger partial charge in [-0.1, -0.05) is 12.8 Å². The minimum Gasteiger partial charge on any atom is -0.383 e. The maximum absolute atomic E-state index is 11.9. The van der Waals surface area contributed by atoms with E-state index in [4.69, 9.17) is 5.73 Å². The summed E-state index contributed by atoms with van der Waals surface area (Å²) in [7, 11) is 0. The monoisotopic (exact) mass is 236 g/mol. The number of pyridine rings is 1. The summed E-state index contributed by atoms with van der Waals surface area (Å²) in [5, 5.41) is 0.668. The van der Waals surface area contributed by atoms with Gasteiger partial charge in [-0.3, -0.25) is 4.79 Å². The predicted molar refractivity (Wildman–Crippen MR) is 67.7 cm³/mol. The van der Waals surface area contributed by atoms with E-state index < -0.39 is 0 Å². The number of anilines is 1. The highest BCUT2D eigenvalue weighted by atomic mass is 32.2. The van der Waals surface area contributed by atoms with Crippen LogP contribution in [-0.2, 0) is 0 Å². The highest BCUT2D eigenvalue weighted by molar-refractivity contribution is 8.00. The van der Waals surface area contributed by atoms with Gasteiger partial charge < -0.3 is 5.73 Å². The standard InChI is InChI=1S/C12H16N2OS/c13-12-10(6-3-7-14-12)11(15)8-16-9-4-1-2-5-9/h3,6-7,9H,1-2,4-5,8H2,(H2,13,14). The molecule has 0 aliphatic heterocycles. The highest BCUT2D eigenvalue weighted by Crippen LogP contribution is 2.29. The van der Waals surface area contributed by atoms with Crippen molar-refractivity contribution in [1.82, 2.24) is 4.98 Å². The van der Waals surface area contributed by atoms with Crippen LogP contribution in [0, 0.1) is 0 Å². The van der Waals surface area contributed by atoms with Crippen molar-refractivity contribution in [3.63, 3.8) is 0 Å². The van der Waals surface area contributed by atoms with Crippen LogP contribution in [0.5, 0.6) is 0 Å². The van der Waals surface area contributed by atoms with Crippen LogP contribution in [0.2, 0.25) is 0 Å². The molecule has 0 amide bonds. The molecule has 0 spiro atoms. The lowest BCUT2D eigenvalue weighted by Crippen LogP contribution is -2.09. The molecule has 1 aromatic rings. The Morgan fingerprint density at radius 2 is 2.25 bits per heavy atom. The van der Waals surface area contributed by atoms with Crippen molar-refractivity contribution >= 4 is 23.4 Å². The first-order valence-corrected chi connectivity index (χ1v) is 6.67. The molecule has 3 nitrogen and oxygen atoms in total. The molecule has 86 valence electrons. The number of nitrogens with two attached hydrogens (primary N) is 1. The number of ketones is 1. The molecular weight excluding hydrogens is 220 g/mol. The van der Waals surface area contributed by atoms with Gasteiger partial charge in [-0.15, -0.1) is 0 Å². The molecule has 0 atom stereocenters. The van der Waals surface area contributed by atoms with E-state index in [0.717, 1.165) is 0 Å². The lowest BCUT2D eigenvalue weighted by Gasteiger charge is -2.08. The Hall–Kier alpha value is -1.03. The minimum atomic E-state index is 0.0995. The number of Topliss-reactive ketones (excluding diaryl/α,β-unsaturated/α-hetero) is 1. The fraction of sp³-hybridized carbons (Fsp3) is 0.500. The first-order chi connectivity index (χ1) is 7.77. The molecule has 0 radical (unpaired) electrons. The number of carbonyl (C=O) groups excluding carboxylic acids is 1. The third kappa shape index (κ3) is 2.76. The third-order valence-electron chi connectivity index (χ3n) is 2.89. The van der Waals surface area contributed by atoms with Crippen molar-refractivity contribution in [2.24, 2.45) is 0 Å². The Kier molecular flexibility index (Phi) is 3.83. The lowest BCUT2D eigenvalue weighted by molar-refractivity contribution is 0.102. The van der Waals surface area contributed by atoms with E-state index in [-0.39, 0.29) is 5.78 Å². The van der Waals surface area contributed by atoms with E-state index in [9.17, 15) is 4.79 Å². The number of nitrogen functional groups attached to an aromatic ring is 1. The number of hydrogen-bond acceptors (Lipinski definition) is 4. The Labute approximate surface area is 99.8 Å². The number of carbonyl (C=O) groups is 1. The average molecular weight is 236 g/mol. The predicted octanol–water partition coefficient (Wildman–Crippen LogP) is 2.52. The maximum atomic E-state index is 11.9. The van der Waals surface area contributed by atoms with Crippen LogP contribution in [0.1, 0.15) is 36.0 Å². The van der Waals surface area contributed by atoms with Gasteiger partial charge in [-0.2, -0.15) is 11.8 Å². The van der Waals surface area contributed by atoms with Crippen molar-refractivity contribution < 1.29 is 4.79 Å². The summed E-state index contributed by atoms with van der Waals surface area (Å²) in [6.45, 7) is 0. The molecule has 2 N–H and O–H groups in total. The second-order valence-corrected chi connectivity index (χ2v) is 5.37. The largest absolute Gasteiger partial charge is 0.383 e. The summed E-state index contributed by atoms with van der Waals surface area (Å²) in [4.78, 5) is 15.8. The summed E-state index contributed by atoms with van der Waals surface area (Å²) < 4.78 is 0. The zero-order valence-corrected chi connectivity index (χ0v) is 10.0. The van der Waals surface area contributed by atoms with Crippen LogP contribution in [0.15, 0.2) is 18.3 Å². The molecule has 0 aromatic carbocycles. The van der Waals surface area contributed by atoms with Gasteiger partial charge in [0.1, 0.15) is 5.82 Å². The number of thioether (sulfide) groups is 1. The van der Waals surface area contributed by atoms with E-state index in [0.29, 0.717) is 22.4 Å². The average Bonchev–Trinajstić information content (AvgIpc) is 2.79. The Morgan fingerprint density at radius 3 is 2.94 bits per heavy atom.